The number of benzene rings is 2. The zero-order valence-electron chi connectivity index (χ0n) is 11.5. The van der Waals surface area contributed by atoms with E-state index in [9.17, 15) is 0 Å². The van der Waals surface area contributed by atoms with Crippen LogP contribution in [-0.4, -0.2) is 12.5 Å². The summed E-state index contributed by atoms with van der Waals surface area (Å²) in [5.41, 5.74) is 2.68. The highest BCUT2D eigenvalue weighted by Crippen LogP contribution is 2.38. The molecule has 100 valence electrons. The fourth-order valence-electron chi connectivity index (χ4n) is 2.52. The lowest BCUT2D eigenvalue weighted by Gasteiger charge is -2.25. The highest BCUT2D eigenvalue weighted by Gasteiger charge is 2.40. The second-order valence-corrected chi connectivity index (χ2v) is 5.08. The van der Waals surface area contributed by atoms with Crippen LogP contribution in [0.1, 0.15) is 18.1 Å². The molecular formula is C18H17NO. The van der Waals surface area contributed by atoms with Crippen molar-refractivity contribution in [3.63, 3.8) is 0 Å². The minimum Gasteiger partial charge on any atom is -0.474 e. The molecule has 0 amide bonds. The van der Waals surface area contributed by atoms with E-state index in [4.69, 9.17) is 9.73 Å². The quantitative estimate of drug-likeness (QED) is 0.822. The molecule has 1 heterocycles. The van der Waals surface area contributed by atoms with Gasteiger partial charge < -0.3 is 4.74 Å². The van der Waals surface area contributed by atoms with E-state index in [1.165, 1.54) is 0 Å². The van der Waals surface area contributed by atoms with E-state index in [-0.39, 0.29) is 0 Å². The highest BCUT2D eigenvalue weighted by molar-refractivity contribution is 5.94. The van der Waals surface area contributed by atoms with Crippen LogP contribution in [0.3, 0.4) is 0 Å². The molecule has 0 spiro atoms. The minimum atomic E-state index is -0.462. The van der Waals surface area contributed by atoms with E-state index < -0.39 is 5.54 Å². The Morgan fingerprint density at radius 1 is 1.00 bits per heavy atom. The maximum atomic E-state index is 5.79. The van der Waals surface area contributed by atoms with Gasteiger partial charge in [-0.05, 0) is 18.1 Å². The number of rotatable bonds is 3. The Kier molecular flexibility index (Phi) is 3.15. The molecule has 0 aromatic heterocycles. The Labute approximate surface area is 119 Å². The van der Waals surface area contributed by atoms with Gasteiger partial charge >= 0.3 is 0 Å². The lowest BCUT2D eigenvalue weighted by Crippen LogP contribution is -2.26. The van der Waals surface area contributed by atoms with Gasteiger partial charge in [-0.2, -0.15) is 0 Å². The van der Waals surface area contributed by atoms with Gasteiger partial charge in [0, 0.05) is 5.57 Å². The Balaban J connectivity index is 2.18. The second-order valence-electron chi connectivity index (χ2n) is 5.08. The van der Waals surface area contributed by atoms with Gasteiger partial charge in [0.15, 0.2) is 0 Å². The van der Waals surface area contributed by atoms with Crippen molar-refractivity contribution in [2.75, 3.05) is 6.61 Å². The molecular weight excluding hydrogens is 246 g/mol. The van der Waals surface area contributed by atoms with Crippen LogP contribution in [0.15, 0.2) is 77.8 Å². The second kappa shape index (κ2) is 4.97. The van der Waals surface area contributed by atoms with Crippen LogP contribution in [0, 0.1) is 0 Å². The first-order valence-corrected chi connectivity index (χ1v) is 6.72. The summed E-state index contributed by atoms with van der Waals surface area (Å²) >= 11 is 0. The summed E-state index contributed by atoms with van der Waals surface area (Å²) in [6.07, 6.45) is 0. The van der Waals surface area contributed by atoms with Crippen molar-refractivity contribution < 1.29 is 4.74 Å². The van der Waals surface area contributed by atoms with E-state index in [0.717, 1.165) is 16.7 Å². The van der Waals surface area contributed by atoms with Gasteiger partial charge in [-0.3, -0.25) is 0 Å². The molecule has 2 aromatic carbocycles. The third-order valence-electron chi connectivity index (χ3n) is 3.58. The van der Waals surface area contributed by atoms with Crippen molar-refractivity contribution >= 4 is 5.90 Å². The smallest absolute Gasteiger partial charge is 0.212 e. The van der Waals surface area contributed by atoms with Gasteiger partial charge in [0.25, 0.3) is 0 Å². The van der Waals surface area contributed by atoms with Crippen LogP contribution in [-0.2, 0) is 10.3 Å². The standard InChI is InChI=1S/C18H17NO/c1-14(2)17-19-18(13-20-17,15-9-5-3-6-10-15)16-11-7-4-8-12-16/h3-12H,1,13H2,2H3. The lowest BCUT2D eigenvalue weighted by atomic mass is 9.84. The Morgan fingerprint density at radius 2 is 1.50 bits per heavy atom. The van der Waals surface area contributed by atoms with Crippen molar-refractivity contribution in [3.05, 3.63) is 83.9 Å². The number of hydrogen-bond donors (Lipinski definition) is 0. The number of aliphatic imine (C=N–C) groups is 1. The summed E-state index contributed by atoms with van der Waals surface area (Å²) in [6.45, 7) is 6.37. The summed E-state index contributed by atoms with van der Waals surface area (Å²) in [5.74, 6) is 0.651. The molecule has 0 bridgehead atoms. The first-order valence-electron chi connectivity index (χ1n) is 6.72. The topological polar surface area (TPSA) is 21.6 Å². The molecule has 3 rings (SSSR count). The fraction of sp³-hybridized carbons (Fsp3) is 0.167. The molecule has 0 aliphatic carbocycles. The van der Waals surface area contributed by atoms with E-state index in [2.05, 4.69) is 30.8 Å². The monoisotopic (exact) mass is 263 g/mol. The largest absolute Gasteiger partial charge is 0.474 e. The molecule has 0 atom stereocenters. The van der Waals surface area contributed by atoms with Crippen LogP contribution in [0.5, 0.6) is 0 Å². The van der Waals surface area contributed by atoms with Gasteiger partial charge in [0.05, 0.1) is 0 Å². The molecule has 1 aliphatic heterocycles. The van der Waals surface area contributed by atoms with Crippen molar-refractivity contribution in [2.45, 2.75) is 12.5 Å². The van der Waals surface area contributed by atoms with Crippen molar-refractivity contribution in [2.24, 2.45) is 4.99 Å². The average molecular weight is 263 g/mol. The van der Waals surface area contributed by atoms with E-state index >= 15 is 0 Å². The Morgan fingerprint density at radius 3 is 1.90 bits per heavy atom. The normalized spacial score (nSPS) is 16.4. The van der Waals surface area contributed by atoms with E-state index in [0.29, 0.717) is 12.5 Å². The maximum Gasteiger partial charge on any atom is 0.212 e. The third-order valence-corrected chi connectivity index (χ3v) is 3.58. The average Bonchev–Trinajstić information content (AvgIpc) is 2.96. The van der Waals surface area contributed by atoms with Crippen molar-refractivity contribution in [1.29, 1.82) is 0 Å². The minimum absolute atomic E-state index is 0.462. The molecule has 0 radical (unpaired) electrons. The summed E-state index contributed by atoms with van der Waals surface area (Å²) < 4.78 is 5.79. The first-order chi connectivity index (χ1) is 9.72. The molecule has 2 aromatic rings. The maximum absolute atomic E-state index is 5.79. The highest BCUT2D eigenvalue weighted by atomic mass is 16.5. The molecule has 0 fully saturated rings. The molecule has 0 N–H and O–H groups in total. The molecule has 2 heteroatoms. The SMILES string of the molecule is C=C(C)C1=NC(c2ccccc2)(c2ccccc2)CO1. The molecule has 1 aliphatic rings. The molecule has 2 nitrogen and oxygen atoms in total. The van der Waals surface area contributed by atoms with E-state index in [1.54, 1.807) is 0 Å². The summed E-state index contributed by atoms with van der Waals surface area (Å²) in [7, 11) is 0. The summed E-state index contributed by atoms with van der Waals surface area (Å²) in [6, 6.07) is 20.6. The van der Waals surface area contributed by atoms with Gasteiger partial charge in [0.1, 0.15) is 12.1 Å². The van der Waals surface area contributed by atoms with Crippen LogP contribution >= 0.6 is 0 Å². The molecule has 0 unspecified atom stereocenters. The van der Waals surface area contributed by atoms with Gasteiger partial charge in [0.2, 0.25) is 5.90 Å². The third kappa shape index (κ3) is 2.03. The zero-order chi connectivity index (χ0) is 14.0. The van der Waals surface area contributed by atoms with Crippen LogP contribution in [0.25, 0.3) is 0 Å². The summed E-state index contributed by atoms with van der Waals surface area (Å²) in [4.78, 5) is 4.85. The number of nitrogens with zero attached hydrogens (tertiary/aromatic N) is 1. The van der Waals surface area contributed by atoms with Crippen molar-refractivity contribution in [1.82, 2.24) is 0 Å². The zero-order valence-corrected chi connectivity index (χ0v) is 11.5. The number of ether oxygens (including phenoxy) is 1. The van der Waals surface area contributed by atoms with Crippen LogP contribution < -0.4 is 0 Å². The van der Waals surface area contributed by atoms with E-state index in [1.807, 2.05) is 43.3 Å². The predicted molar refractivity (Wildman–Crippen MR) is 81.9 cm³/mol. The van der Waals surface area contributed by atoms with Crippen LogP contribution in [0.4, 0.5) is 0 Å². The van der Waals surface area contributed by atoms with Gasteiger partial charge in [-0.15, -0.1) is 0 Å². The van der Waals surface area contributed by atoms with Crippen LogP contribution in [0.2, 0.25) is 0 Å². The molecule has 0 saturated carbocycles. The predicted octanol–water partition coefficient (Wildman–Crippen LogP) is 3.94. The first kappa shape index (κ1) is 12.7. The van der Waals surface area contributed by atoms with Crippen molar-refractivity contribution in [3.8, 4) is 0 Å². The Hall–Kier alpha value is -2.35. The number of hydrogen-bond acceptors (Lipinski definition) is 2. The Bertz CT molecular complexity index is 604. The molecule has 0 saturated heterocycles. The molecule has 20 heavy (non-hydrogen) atoms. The summed E-state index contributed by atoms with van der Waals surface area (Å²) in [5, 5.41) is 0. The lowest BCUT2D eigenvalue weighted by molar-refractivity contribution is 0.281. The van der Waals surface area contributed by atoms with Gasteiger partial charge in [-0.25, -0.2) is 4.99 Å². The van der Waals surface area contributed by atoms with Gasteiger partial charge in [-0.1, -0.05) is 67.2 Å². The fourth-order valence-corrected chi connectivity index (χ4v) is 2.52.